The predicted molar refractivity (Wildman–Crippen MR) is 72.2 cm³/mol. The molecular formula is C13H15N5. The molecule has 0 saturated carbocycles. The first-order valence-electron chi connectivity index (χ1n) is 5.82. The van der Waals surface area contributed by atoms with Crippen LogP contribution in [0, 0.1) is 13.8 Å². The summed E-state index contributed by atoms with van der Waals surface area (Å²) in [5, 5.41) is 4.34. The lowest BCUT2D eigenvalue weighted by atomic mass is 10.1. The van der Waals surface area contributed by atoms with E-state index in [0.29, 0.717) is 5.82 Å². The molecular weight excluding hydrogens is 226 g/mol. The van der Waals surface area contributed by atoms with Crippen molar-refractivity contribution in [2.24, 2.45) is 7.05 Å². The molecule has 3 rings (SSSR count). The number of aromatic amines is 1. The lowest BCUT2D eigenvalue weighted by Gasteiger charge is -2.02. The number of hydrogen-bond donors (Lipinski definition) is 2. The van der Waals surface area contributed by atoms with Crippen LogP contribution in [0.2, 0.25) is 0 Å². The van der Waals surface area contributed by atoms with E-state index in [0.717, 1.165) is 33.7 Å². The zero-order valence-electron chi connectivity index (χ0n) is 10.7. The molecule has 0 radical (unpaired) electrons. The minimum atomic E-state index is 0.683. The number of anilines is 1. The van der Waals surface area contributed by atoms with Gasteiger partial charge >= 0.3 is 0 Å². The number of nitrogens with one attached hydrogen (secondary N) is 1. The second-order valence-corrected chi connectivity index (χ2v) is 4.52. The fourth-order valence-electron chi connectivity index (χ4n) is 2.33. The van der Waals surface area contributed by atoms with E-state index in [1.54, 1.807) is 4.68 Å². The zero-order chi connectivity index (χ0) is 12.9. The minimum Gasteiger partial charge on any atom is -0.383 e. The van der Waals surface area contributed by atoms with Crippen LogP contribution >= 0.6 is 0 Å². The van der Waals surface area contributed by atoms with Gasteiger partial charge in [0.25, 0.3) is 0 Å². The molecule has 3 aromatic rings. The first-order chi connectivity index (χ1) is 8.56. The summed E-state index contributed by atoms with van der Waals surface area (Å²) in [7, 11) is 1.85. The van der Waals surface area contributed by atoms with Gasteiger partial charge in [-0.3, -0.25) is 4.68 Å². The van der Waals surface area contributed by atoms with Crippen LogP contribution in [-0.4, -0.2) is 19.7 Å². The van der Waals surface area contributed by atoms with Gasteiger partial charge in [-0.05, 0) is 31.5 Å². The van der Waals surface area contributed by atoms with Crippen LogP contribution in [0.4, 0.5) is 5.82 Å². The highest BCUT2D eigenvalue weighted by Gasteiger charge is 2.13. The van der Waals surface area contributed by atoms with E-state index in [9.17, 15) is 0 Å². The molecule has 0 unspecified atom stereocenters. The highest BCUT2D eigenvalue weighted by molar-refractivity contribution is 5.85. The molecule has 0 atom stereocenters. The number of benzene rings is 1. The number of nitrogens with zero attached hydrogens (tertiary/aromatic N) is 3. The largest absolute Gasteiger partial charge is 0.383 e. The van der Waals surface area contributed by atoms with Crippen molar-refractivity contribution in [3.63, 3.8) is 0 Å². The second kappa shape index (κ2) is 3.60. The minimum absolute atomic E-state index is 0.683. The Bertz CT molecular complexity index is 735. The SMILES string of the molecule is Cc1nc2ccc(-c3c(C)nn(C)c3N)cc2[nH]1. The topological polar surface area (TPSA) is 72.5 Å². The zero-order valence-corrected chi connectivity index (χ0v) is 10.7. The molecule has 5 nitrogen and oxygen atoms in total. The third-order valence-electron chi connectivity index (χ3n) is 3.16. The summed E-state index contributed by atoms with van der Waals surface area (Å²) in [4.78, 5) is 7.63. The number of aromatic nitrogens is 4. The Morgan fingerprint density at radius 1 is 1.28 bits per heavy atom. The molecule has 3 N–H and O–H groups in total. The average Bonchev–Trinajstić information content (AvgIpc) is 2.78. The molecule has 0 aliphatic heterocycles. The first-order valence-corrected chi connectivity index (χ1v) is 5.82. The van der Waals surface area contributed by atoms with Gasteiger partial charge in [0.15, 0.2) is 0 Å². The molecule has 1 aromatic carbocycles. The van der Waals surface area contributed by atoms with Gasteiger partial charge in [0.2, 0.25) is 0 Å². The molecule has 0 spiro atoms. The summed E-state index contributed by atoms with van der Waals surface area (Å²) < 4.78 is 1.70. The number of aryl methyl sites for hydroxylation is 3. The van der Waals surface area contributed by atoms with Crippen molar-refractivity contribution >= 4 is 16.9 Å². The van der Waals surface area contributed by atoms with Crippen LogP contribution in [-0.2, 0) is 7.05 Å². The van der Waals surface area contributed by atoms with Crippen molar-refractivity contribution in [3.05, 3.63) is 29.7 Å². The highest BCUT2D eigenvalue weighted by Crippen LogP contribution is 2.30. The van der Waals surface area contributed by atoms with Crippen molar-refractivity contribution in [1.82, 2.24) is 19.7 Å². The predicted octanol–water partition coefficient (Wildman–Crippen LogP) is 2.16. The van der Waals surface area contributed by atoms with Crippen LogP contribution in [0.3, 0.4) is 0 Å². The quantitative estimate of drug-likeness (QED) is 0.685. The Kier molecular flexibility index (Phi) is 2.16. The van der Waals surface area contributed by atoms with Crippen LogP contribution in [0.5, 0.6) is 0 Å². The van der Waals surface area contributed by atoms with Crippen molar-refractivity contribution in [2.75, 3.05) is 5.73 Å². The molecule has 0 bridgehead atoms. The third-order valence-corrected chi connectivity index (χ3v) is 3.16. The molecule has 2 heterocycles. The fraction of sp³-hybridized carbons (Fsp3) is 0.231. The Morgan fingerprint density at radius 3 is 2.72 bits per heavy atom. The molecule has 18 heavy (non-hydrogen) atoms. The van der Waals surface area contributed by atoms with Crippen LogP contribution in [0.15, 0.2) is 18.2 Å². The Morgan fingerprint density at radius 2 is 2.06 bits per heavy atom. The maximum absolute atomic E-state index is 6.06. The monoisotopic (exact) mass is 241 g/mol. The van der Waals surface area contributed by atoms with Crippen molar-refractivity contribution in [3.8, 4) is 11.1 Å². The molecule has 0 saturated heterocycles. The van der Waals surface area contributed by atoms with E-state index in [4.69, 9.17) is 5.73 Å². The van der Waals surface area contributed by atoms with Gasteiger partial charge in [0.05, 0.1) is 16.7 Å². The summed E-state index contributed by atoms with van der Waals surface area (Å²) in [6.07, 6.45) is 0. The number of nitrogens with two attached hydrogens (primary N) is 1. The number of rotatable bonds is 1. The summed E-state index contributed by atoms with van der Waals surface area (Å²) >= 11 is 0. The Balaban J connectivity index is 2.24. The molecule has 92 valence electrons. The average molecular weight is 241 g/mol. The van der Waals surface area contributed by atoms with Crippen LogP contribution < -0.4 is 5.73 Å². The van der Waals surface area contributed by atoms with E-state index in [1.165, 1.54) is 0 Å². The van der Waals surface area contributed by atoms with Gasteiger partial charge in [0.1, 0.15) is 11.6 Å². The van der Waals surface area contributed by atoms with E-state index in [1.807, 2.05) is 33.0 Å². The molecule has 0 amide bonds. The molecule has 2 aromatic heterocycles. The summed E-state index contributed by atoms with van der Waals surface area (Å²) in [5.41, 5.74) is 11.0. The normalized spacial score (nSPS) is 11.3. The molecule has 0 fully saturated rings. The Hall–Kier alpha value is -2.30. The van der Waals surface area contributed by atoms with Gasteiger partial charge in [-0.2, -0.15) is 5.10 Å². The number of H-pyrrole nitrogens is 1. The van der Waals surface area contributed by atoms with E-state index in [2.05, 4.69) is 21.1 Å². The van der Waals surface area contributed by atoms with E-state index < -0.39 is 0 Å². The highest BCUT2D eigenvalue weighted by atomic mass is 15.3. The van der Waals surface area contributed by atoms with Gasteiger partial charge in [-0.25, -0.2) is 4.98 Å². The smallest absolute Gasteiger partial charge is 0.129 e. The lowest BCUT2D eigenvalue weighted by molar-refractivity contribution is 0.767. The third kappa shape index (κ3) is 1.48. The van der Waals surface area contributed by atoms with Crippen LogP contribution in [0.25, 0.3) is 22.2 Å². The van der Waals surface area contributed by atoms with E-state index in [-0.39, 0.29) is 0 Å². The standard InChI is InChI=1S/C13H15N5/c1-7-12(13(14)18(3)17-7)9-4-5-10-11(6-9)16-8(2)15-10/h4-6H,14H2,1-3H3,(H,15,16). The van der Waals surface area contributed by atoms with Crippen molar-refractivity contribution in [1.29, 1.82) is 0 Å². The van der Waals surface area contributed by atoms with E-state index >= 15 is 0 Å². The number of imidazole rings is 1. The van der Waals surface area contributed by atoms with Crippen molar-refractivity contribution < 1.29 is 0 Å². The summed E-state index contributed by atoms with van der Waals surface area (Å²) in [6, 6.07) is 6.10. The van der Waals surface area contributed by atoms with Crippen molar-refractivity contribution in [2.45, 2.75) is 13.8 Å². The fourth-order valence-corrected chi connectivity index (χ4v) is 2.33. The maximum atomic E-state index is 6.06. The maximum Gasteiger partial charge on any atom is 0.129 e. The van der Waals surface area contributed by atoms with Gasteiger partial charge in [-0.15, -0.1) is 0 Å². The first kappa shape index (κ1) is 10.8. The summed E-state index contributed by atoms with van der Waals surface area (Å²) in [6.45, 7) is 3.91. The molecule has 0 aliphatic rings. The Labute approximate surface area is 105 Å². The number of fused-ring (bicyclic) bond motifs is 1. The van der Waals surface area contributed by atoms with Gasteiger partial charge in [-0.1, -0.05) is 6.07 Å². The number of nitrogen functional groups attached to an aromatic ring is 1. The lowest BCUT2D eigenvalue weighted by Crippen LogP contribution is -1.97. The van der Waals surface area contributed by atoms with Gasteiger partial charge in [0, 0.05) is 12.6 Å². The second-order valence-electron chi connectivity index (χ2n) is 4.52. The molecule has 5 heteroatoms. The summed E-state index contributed by atoms with van der Waals surface area (Å²) in [5.74, 6) is 1.60. The number of hydrogen-bond acceptors (Lipinski definition) is 3. The molecule has 0 aliphatic carbocycles. The van der Waals surface area contributed by atoms with Gasteiger partial charge < -0.3 is 10.7 Å². The van der Waals surface area contributed by atoms with Crippen LogP contribution in [0.1, 0.15) is 11.5 Å².